The molecule has 1 aromatic heterocycles. The highest BCUT2D eigenvalue weighted by atomic mass is 16.2. The van der Waals surface area contributed by atoms with Crippen molar-refractivity contribution >= 4 is 5.91 Å². The van der Waals surface area contributed by atoms with Gasteiger partial charge in [0.2, 0.25) is 5.91 Å². The lowest BCUT2D eigenvalue weighted by atomic mass is 9.85. The monoisotopic (exact) mass is 247 g/mol. The molecule has 1 fully saturated rings. The third kappa shape index (κ3) is 2.53. The molecule has 1 saturated carbocycles. The molecule has 1 atom stereocenters. The van der Waals surface area contributed by atoms with Gasteiger partial charge in [-0.3, -0.25) is 9.78 Å². The van der Waals surface area contributed by atoms with E-state index in [4.69, 9.17) is 5.73 Å². The van der Waals surface area contributed by atoms with E-state index in [2.05, 4.69) is 10.3 Å². The average Bonchev–Trinajstić information content (AvgIpc) is 2.89. The van der Waals surface area contributed by atoms with Crippen LogP contribution >= 0.6 is 0 Å². The largest absolute Gasteiger partial charge is 0.349 e. The van der Waals surface area contributed by atoms with E-state index in [1.807, 2.05) is 19.1 Å². The van der Waals surface area contributed by atoms with Crippen molar-refractivity contribution in [2.75, 3.05) is 6.54 Å². The first-order valence-electron chi connectivity index (χ1n) is 6.59. The van der Waals surface area contributed by atoms with Gasteiger partial charge in [0.05, 0.1) is 11.5 Å². The molecule has 1 aliphatic rings. The number of pyridine rings is 1. The summed E-state index contributed by atoms with van der Waals surface area (Å²) < 4.78 is 0. The first-order valence-corrected chi connectivity index (χ1v) is 6.59. The second kappa shape index (κ2) is 5.48. The summed E-state index contributed by atoms with van der Waals surface area (Å²) in [5.41, 5.74) is 6.50. The molecule has 1 amide bonds. The smallest absolute Gasteiger partial charge is 0.227 e. The standard InChI is InChI=1S/C14H21N3O/c1-11(12-5-4-8-16-9-12)17-13(18)14(10-15)6-2-3-7-14/h4-5,8-9,11H,2-3,6-7,10,15H2,1H3,(H,17,18). The van der Waals surface area contributed by atoms with Gasteiger partial charge in [0.25, 0.3) is 0 Å². The van der Waals surface area contributed by atoms with Crippen LogP contribution in [-0.2, 0) is 4.79 Å². The van der Waals surface area contributed by atoms with E-state index in [-0.39, 0.29) is 17.4 Å². The average molecular weight is 247 g/mol. The summed E-state index contributed by atoms with van der Waals surface area (Å²) in [6, 6.07) is 3.84. The van der Waals surface area contributed by atoms with Gasteiger partial charge in [-0.1, -0.05) is 18.9 Å². The second-order valence-electron chi connectivity index (χ2n) is 5.17. The van der Waals surface area contributed by atoms with E-state index in [0.29, 0.717) is 6.54 Å². The van der Waals surface area contributed by atoms with Gasteiger partial charge in [-0.15, -0.1) is 0 Å². The van der Waals surface area contributed by atoms with Crippen LogP contribution < -0.4 is 11.1 Å². The van der Waals surface area contributed by atoms with Gasteiger partial charge < -0.3 is 11.1 Å². The fraction of sp³-hybridized carbons (Fsp3) is 0.571. The Labute approximate surface area is 108 Å². The molecule has 1 unspecified atom stereocenters. The Morgan fingerprint density at radius 2 is 2.28 bits per heavy atom. The van der Waals surface area contributed by atoms with Crippen molar-refractivity contribution in [3.63, 3.8) is 0 Å². The zero-order chi connectivity index (χ0) is 13.0. The molecule has 3 N–H and O–H groups in total. The van der Waals surface area contributed by atoms with E-state index >= 15 is 0 Å². The van der Waals surface area contributed by atoms with E-state index in [9.17, 15) is 4.79 Å². The van der Waals surface area contributed by atoms with Gasteiger partial charge in [-0.25, -0.2) is 0 Å². The van der Waals surface area contributed by atoms with Crippen LogP contribution in [0.4, 0.5) is 0 Å². The van der Waals surface area contributed by atoms with Gasteiger partial charge in [-0.05, 0) is 31.4 Å². The third-order valence-corrected chi connectivity index (χ3v) is 3.97. The minimum absolute atomic E-state index is 0.0183. The molecular weight excluding hydrogens is 226 g/mol. The van der Waals surface area contributed by atoms with Crippen LogP contribution in [0.1, 0.15) is 44.2 Å². The minimum Gasteiger partial charge on any atom is -0.349 e. The Morgan fingerprint density at radius 3 is 2.83 bits per heavy atom. The summed E-state index contributed by atoms with van der Waals surface area (Å²) in [7, 11) is 0. The number of nitrogens with zero attached hydrogens (tertiary/aromatic N) is 1. The second-order valence-corrected chi connectivity index (χ2v) is 5.17. The Morgan fingerprint density at radius 1 is 1.56 bits per heavy atom. The first kappa shape index (κ1) is 13.0. The quantitative estimate of drug-likeness (QED) is 0.852. The number of nitrogens with one attached hydrogen (secondary N) is 1. The van der Waals surface area contributed by atoms with Crippen molar-refractivity contribution < 1.29 is 4.79 Å². The highest BCUT2D eigenvalue weighted by Crippen LogP contribution is 2.37. The molecule has 2 rings (SSSR count). The molecule has 0 aromatic carbocycles. The number of hydrogen-bond donors (Lipinski definition) is 2. The highest BCUT2D eigenvalue weighted by molar-refractivity contribution is 5.83. The fourth-order valence-corrected chi connectivity index (χ4v) is 2.64. The first-order chi connectivity index (χ1) is 8.68. The Kier molecular flexibility index (Phi) is 3.97. The van der Waals surface area contributed by atoms with E-state index in [0.717, 1.165) is 31.2 Å². The van der Waals surface area contributed by atoms with Crippen LogP contribution in [-0.4, -0.2) is 17.4 Å². The molecule has 0 aliphatic heterocycles. The van der Waals surface area contributed by atoms with Crippen molar-refractivity contribution in [3.8, 4) is 0 Å². The van der Waals surface area contributed by atoms with Gasteiger partial charge in [0.15, 0.2) is 0 Å². The summed E-state index contributed by atoms with van der Waals surface area (Å²) in [5.74, 6) is 0.0962. The number of carbonyl (C=O) groups is 1. The lowest BCUT2D eigenvalue weighted by molar-refractivity contribution is -0.131. The van der Waals surface area contributed by atoms with Crippen LogP contribution in [0.5, 0.6) is 0 Å². The number of amides is 1. The van der Waals surface area contributed by atoms with Crippen LogP contribution in [0, 0.1) is 5.41 Å². The maximum Gasteiger partial charge on any atom is 0.227 e. The van der Waals surface area contributed by atoms with Gasteiger partial charge in [0, 0.05) is 18.9 Å². The fourth-order valence-electron chi connectivity index (χ4n) is 2.64. The molecule has 1 aliphatic carbocycles. The molecule has 4 heteroatoms. The van der Waals surface area contributed by atoms with Gasteiger partial charge >= 0.3 is 0 Å². The number of hydrogen-bond acceptors (Lipinski definition) is 3. The molecule has 0 bridgehead atoms. The van der Waals surface area contributed by atoms with Crippen molar-refractivity contribution in [3.05, 3.63) is 30.1 Å². The summed E-state index contributed by atoms with van der Waals surface area (Å²) in [4.78, 5) is 16.4. The zero-order valence-corrected chi connectivity index (χ0v) is 10.9. The lowest BCUT2D eigenvalue weighted by Gasteiger charge is -2.28. The Balaban J connectivity index is 2.03. The van der Waals surface area contributed by atoms with Crippen LogP contribution in [0.15, 0.2) is 24.5 Å². The number of nitrogens with two attached hydrogens (primary N) is 1. The SMILES string of the molecule is CC(NC(=O)C1(CN)CCCC1)c1cccnc1. The van der Waals surface area contributed by atoms with Gasteiger partial charge in [0.1, 0.15) is 0 Å². The van der Waals surface area contributed by atoms with E-state index in [1.54, 1.807) is 12.4 Å². The molecule has 0 radical (unpaired) electrons. The number of aromatic nitrogens is 1. The van der Waals surface area contributed by atoms with E-state index in [1.165, 1.54) is 0 Å². The molecule has 0 saturated heterocycles. The maximum atomic E-state index is 12.4. The highest BCUT2D eigenvalue weighted by Gasteiger charge is 2.40. The third-order valence-electron chi connectivity index (χ3n) is 3.97. The summed E-state index contributed by atoms with van der Waals surface area (Å²) >= 11 is 0. The predicted molar refractivity (Wildman–Crippen MR) is 70.8 cm³/mol. The lowest BCUT2D eigenvalue weighted by Crippen LogP contribution is -2.44. The Hall–Kier alpha value is -1.42. The van der Waals surface area contributed by atoms with Crippen molar-refractivity contribution in [1.82, 2.24) is 10.3 Å². The molecule has 18 heavy (non-hydrogen) atoms. The molecule has 1 heterocycles. The van der Waals surface area contributed by atoms with Crippen molar-refractivity contribution in [2.45, 2.75) is 38.6 Å². The predicted octanol–water partition coefficient (Wildman–Crippen LogP) is 1.78. The van der Waals surface area contributed by atoms with E-state index < -0.39 is 0 Å². The maximum absolute atomic E-state index is 12.4. The van der Waals surface area contributed by atoms with Crippen molar-refractivity contribution in [2.24, 2.45) is 11.1 Å². The van der Waals surface area contributed by atoms with Crippen LogP contribution in [0.2, 0.25) is 0 Å². The normalized spacial score (nSPS) is 19.4. The molecular formula is C14H21N3O. The summed E-state index contributed by atoms with van der Waals surface area (Å²) in [6.45, 7) is 2.42. The summed E-state index contributed by atoms with van der Waals surface area (Å²) in [6.07, 6.45) is 7.55. The number of carbonyl (C=O) groups excluding carboxylic acids is 1. The Bertz CT molecular complexity index is 399. The van der Waals surface area contributed by atoms with Gasteiger partial charge in [-0.2, -0.15) is 0 Å². The topological polar surface area (TPSA) is 68.0 Å². The minimum atomic E-state index is -0.337. The van der Waals surface area contributed by atoms with Crippen LogP contribution in [0.25, 0.3) is 0 Å². The zero-order valence-electron chi connectivity index (χ0n) is 10.9. The number of rotatable bonds is 4. The molecule has 4 nitrogen and oxygen atoms in total. The summed E-state index contributed by atoms with van der Waals surface area (Å²) in [5, 5.41) is 3.07. The van der Waals surface area contributed by atoms with Crippen LogP contribution in [0.3, 0.4) is 0 Å². The van der Waals surface area contributed by atoms with Crippen molar-refractivity contribution in [1.29, 1.82) is 0 Å². The molecule has 0 spiro atoms. The molecule has 98 valence electrons. The molecule has 1 aromatic rings.